The van der Waals surface area contributed by atoms with Gasteiger partial charge in [0.15, 0.2) is 0 Å². The van der Waals surface area contributed by atoms with Crippen LogP contribution in [0, 0.1) is 0 Å². The van der Waals surface area contributed by atoms with Gasteiger partial charge in [0.2, 0.25) is 5.91 Å². The molecule has 0 fully saturated rings. The zero-order valence-electron chi connectivity index (χ0n) is 9.67. The first kappa shape index (κ1) is 14.3. The molecule has 0 aromatic heterocycles. The van der Waals surface area contributed by atoms with E-state index in [0.29, 0.717) is 11.4 Å². The Morgan fingerprint density at radius 3 is 2.72 bits per heavy atom. The van der Waals surface area contributed by atoms with Crippen molar-refractivity contribution in [2.45, 2.75) is 6.18 Å². The number of carbonyl (C=O) groups excluding carboxylic acids is 1. The van der Waals surface area contributed by atoms with Gasteiger partial charge in [0, 0.05) is 11.8 Å². The molecule has 0 unspecified atom stereocenters. The molecule has 4 nitrogen and oxygen atoms in total. The van der Waals surface area contributed by atoms with E-state index >= 15 is 0 Å². The van der Waals surface area contributed by atoms with E-state index in [4.69, 9.17) is 4.74 Å². The summed E-state index contributed by atoms with van der Waals surface area (Å²) in [6, 6.07) is 6.54. The van der Waals surface area contributed by atoms with E-state index < -0.39 is 25.2 Å². The van der Waals surface area contributed by atoms with Gasteiger partial charge in [-0.3, -0.25) is 4.79 Å². The highest BCUT2D eigenvalue weighted by Crippen LogP contribution is 2.16. The predicted octanol–water partition coefficient (Wildman–Crippen LogP) is 1.79. The molecule has 1 amide bonds. The summed E-state index contributed by atoms with van der Waals surface area (Å²) in [5.41, 5.74) is 0.466. The van der Waals surface area contributed by atoms with Gasteiger partial charge in [0.1, 0.15) is 5.75 Å². The van der Waals surface area contributed by atoms with Crippen molar-refractivity contribution in [1.82, 2.24) is 5.32 Å². The predicted molar refractivity (Wildman–Crippen MR) is 60.5 cm³/mol. The molecule has 0 saturated carbocycles. The first-order valence-electron chi connectivity index (χ1n) is 5.12. The largest absolute Gasteiger partial charge is 0.497 e. The van der Waals surface area contributed by atoms with Crippen LogP contribution < -0.4 is 15.4 Å². The van der Waals surface area contributed by atoms with Crippen LogP contribution in [-0.2, 0) is 4.79 Å². The van der Waals surface area contributed by atoms with Crippen molar-refractivity contribution >= 4 is 11.6 Å². The summed E-state index contributed by atoms with van der Waals surface area (Å²) >= 11 is 0. The number of halogens is 3. The van der Waals surface area contributed by atoms with Crippen molar-refractivity contribution < 1.29 is 22.7 Å². The third kappa shape index (κ3) is 5.53. The number of anilines is 1. The van der Waals surface area contributed by atoms with E-state index in [0.717, 1.165) is 0 Å². The van der Waals surface area contributed by atoms with Crippen molar-refractivity contribution in [2.75, 3.05) is 25.5 Å². The minimum Gasteiger partial charge on any atom is -0.497 e. The molecule has 1 rings (SSSR count). The maximum absolute atomic E-state index is 11.8. The minimum absolute atomic E-state index is 0.406. The van der Waals surface area contributed by atoms with Gasteiger partial charge in [-0.15, -0.1) is 0 Å². The average molecular weight is 262 g/mol. The summed E-state index contributed by atoms with van der Waals surface area (Å²) in [5, 5.41) is 4.46. The standard InChI is InChI=1S/C11H13F3N2O2/c1-18-9-4-2-3-8(5-9)16-10(17)6-15-7-11(12,13)14/h2-5,15H,6-7H2,1H3,(H,16,17). The molecule has 0 saturated heterocycles. The molecule has 1 aromatic carbocycles. The highest BCUT2D eigenvalue weighted by Gasteiger charge is 2.26. The molecule has 0 bridgehead atoms. The van der Waals surface area contributed by atoms with Crippen LogP contribution in [-0.4, -0.2) is 32.3 Å². The molecule has 0 heterocycles. The van der Waals surface area contributed by atoms with E-state index in [-0.39, 0.29) is 0 Å². The van der Waals surface area contributed by atoms with Crippen LogP contribution in [0.2, 0.25) is 0 Å². The van der Waals surface area contributed by atoms with Crippen LogP contribution in [0.5, 0.6) is 5.75 Å². The molecule has 7 heteroatoms. The fourth-order valence-corrected chi connectivity index (χ4v) is 1.22. The van der Waals surface area contributed by atoms with E-state index in [1.807, 2.05) is 5.32 Å². The fourth-order valence-electron chi connectivity index (χ4n) is 1.22. The number of hydrogen-bond donors (Lipinski definition) is 2. The number of hydrogen-bond acceptors (Lipinski definition) is 3. The summed E-state index contributed by atoms with van der Waals surface area (Å²) < 4.78 is 40.4. The van der Waals surface area contributed by atoms with E-state index in [1.165, 1.54) is 7.11 Å². The number of amides is 1. The molecule has 0 aliphatic carbocycles. The lowest BCUT2D eigenvalue weighted by Gasteiger charge is -2.09. The topological polar surface area (TPSA) is 50.4 Å². The summed E-state index contributed by atoms with van der Waals surface area (Å²) in [4.78, 5) is 11.3. The fraction of sp³-hybridized carbons (Fsp3) is 0.364. The Balaban J connectivity index is 2.40. The number of rotatable bonds is 5. The van der Waals surface area contributed by atoms with Crippen LogP contribution in [0.25, 0.3) is 0 Å². The van der Waals surface area contributed by atoms with E-state index in [1.54, 1.807) is 24.3 Å². The number of methoxy groups -OCH3 is 1. The van der Waals surface area contributed by atoms with E-state index in [2.05, 4.69) is 5.32 Å². The van der Waals surface area contributed by atoms with Gasteiger partial charge in [0.25, 0.3) is 0 Å². The van der Waals surface area contributed by atoms with Gasteiger partial charge < -0.3 is 15.4 Å². The van der Waals surface area contributed by atoms with Gasteiger partial charge in [-0.25, -0.2) is 0 Å². The number of ether oxygens (including phenoxy) is 1. The highest BCUT2D eigenvalue weighted by atomic mass is 19.4. The normalized spacial score (nSPS) is 11.1. The Morgan fingerprint density at radius 2 is 2.11 bits per heavy atom. The minimum atomic E-state index is -4.32. The first-order valence-corrected chi connectivity index (χ1v) is 5.12. The van der Waals surface area contributed by atoms with E-state index in [9.17, 15) is 18.0 Å². The molecule has 2 N–H and O–H groups in total. The lowest BCUT2D eigenvalue weighted by molar-refractivity contribution is -0.126. The van der Waals surface area contributed by atoms with Crippen molar-refractivity contribution in [2.24, 2.45) is 0 Å². The molecule has 0 atom stereocenters. The second-order valence-corrected chi connectivity index (χ2v) is 3.50. The monoisotopic (exact) mass is 262 g/mol. The maximum Gasteiger partial charge on any atom is 0.401 e. The van der Waals surface area contributed by atoms with Crippen molar-refractivity contribution in [1.29, 1.82) is 0 Å². The Labute approximate surface area is 102 Å². The molecule has 0 spiro atoms. The number of nitrogens with one attached hydrogen (secondary N) is 2. The van der Waals surface area contributed by atoms with Crippen LogP contribution in [0.15, 0.2) is 24.3 Å². The molecule has 18 heavy (non-hydrogen) atoms. The third-order valence-corrected chi connectivity index (χ3v) is 1.96. The van der Waals surface area contributed by atoms with Gasteiger partial charge in [0.05, 0.1) is 20.2 Å². The lowest BCUT2D eigenvalue weighted by atomic mass is 10.3. The van der Waals surface area contributed by atoms with Gasteiger partial charge in [-0.2, -0.15) is 13.2 Å². The molecular formula is C11H13F3N2O2. The van der Waals surface area contributed by atoms with Crippen LogP contribution in [0.3, 0.4) is 0 Å². The molecule has 100 valence electrons. The van der Waals surface area contributed by atoms with Crippen molar-refractivity contribution in [3.05, 3.63) is 24.3 Å². The average Bonchev–Trinajstić information content (AvgIpc) is 2.27. The molecule has 1 aromatic rings. The SMILES string of the molecule is COc1cccc(NC(=O)CNCC(F)(F)F)c1. The Bertz CT molecular complexity index is 408. The maximum atomic E-state index is 11.8. The molecule has 0 aliphatic heterocycles. The highest BCUT2D eigenvalue weighted by molar-refractivity contribution is 5.92. The smallest absolute Gasteiger partial charge is 0.401 e. The number of alkyl halides is 3. The summed E-state index contributed by atoms with van der Waals surface area (Å²) in [7, 11) is 1.48. The van der Waals surface area contributed by atoms with Gasteiger partial charge >= 0.3 is 6.18 Å². The molecular weight excluding hydrogens is 249 g/mol. The Hall–Kier alpha value is -1.76. The molecule has 0 aliphatic rings. The summed E-state index contributed by atoms with van der Waals surface area (Å²) in [6.45, 7) is -1.60. The van der Waals surface area contributed by atoms with Crippen LogP contribution in [0.4, 0.5) is 18.9 Å². The quantitative estimate of drug-likeness (QED) is 0.850. The van der Waals surface area contributed by atoms with Crippen LogP contribution in [0.1, 0.15) is 0 Å². The summed E-state index contributed by atoms with van der Waals surface area (Å²) in [6.07, 6.45) is -4.32. The number of carbonyl (C=O) groups is 1. The zero-order valence-corrected chi connectivity index (χ0v) is 9.67. The number of benzene rings is 1. The summed E-state index contributed by atoms with van der Waals surface area (Å²) in [5.74, 6) is 0.00329. The van der Waals surface area contributed by atoms with Crippen LogP contribution >= 0.6 is 0 Å². The van der Waals surface area contributed by atoms with Crippen molar-refractivity contribution in [3.63, 3.8) is 0 Å². The Morgan fingerprint density at radius 1 is 1.39 bits per heavy atom. The first-order chi connectivity index (χ1) is 8.40. The van der Waals surface area contributed by atoms with Crippen molar-refractivity contribution in [3.8, 4) is 5.75 Å². The molecule has 0 radical (unpaired) electrons. The second-order valence-electron chi connectivity index (χ2n) is 3.50. The Kier molecular flexibility index (Phi) is 4.96. The lowest BCUT2D eigenvalue weighted by Crippen LogP contribution is -2.35. The van der Waals surface area contributed by atoms with Gasteiger partial charge in [-0.05, 0) is 12.1 Å². The second kappa shape index (κ2) is 6.25. The third-order valence-electron chi connectivity index (χ3n) is 1.96. The van der Waals surface area contributed by atoms with Gasteiger partial charge in [-0.1, -0.05) is 6.07 Å². The zero-order chi connectivity index (χ0) is 13.6.